The molecule has 31 heavy (non-hydrogen) atoms. The molecule has 0 heterocycles. The van der Waals surface area contributed by atoms with Crippen LogP contribution in [-0.4, -0.2) is 18.9 Å². The third kappa shape index (κ3) is 2.83. The van der Waals surface area contributed by atoms with Gasteiger partial charge in [-0.05, 0) is 98.2 Å². The first-order valence-electron chi connectivity index (χ1n) is 13.0. The first kappa shape index (κ1) is 21.7. The fourth-order valence-corrected chi connectivity index (χ4v) is 9.75. The van der Waals surface area contributed by atoms with Crippen molar-refractivity contribution in [2.24, 2.45) is 51.8 Å². The summed E-state index contributed by atoms with van der Waals surface area (Å²) in [5.41, 5.74) is 1.92. The molecule has 4 saturated carbocycles. The van der Waals surface area contributed by atoms with Gasteiger partial charge in [0.1, 0.15) is 5.78 Å². The van der Waals surface area contributed by atoms with Crippen molar-refractivity contribution in [3.63, 3.8) is 0 Å². The molecule has 0 aromatic rings. The number of carbonyl (C=O) groups is 2. The Morgan fingerprint density at radius 1 is 1.00 bits per heavy atom. The van der Waals surface area contributed by atoms with Gasteiger partial charge in [-0.15, -0.1) is 0 Å². The lowest BCUT2D eigenvalue weighted by atomic mass is 9.39. The number of carbonyl (C=O) groups excluding carboxylic acids is 2. The third-order valence-corrected chi connectivity index (χ3v) is 11.5. The monoisotopic (exact) mass is 426 g/mol. The number of hydrogen-bond donors (Lipinski definition) is 0. The van der Waals surface area contributed by atoms with Crippen LogP contribution < -0.4 is 0 Å². The molecule has 5 rings (SSSR count). The van der Waals surface area contributed by atoms with Crippen LogP contribution in [0.15, 0.2) is 11.6 Å². The predicted molar refractivity (Wildman–Crippen MR) is 122 cm³/mol. The van der Waals surface area contributed by atoms with Crippen LogP contribution in [0.5, 0.6) is 0 Å². The molecular weight excluding hydrogens is 384 g/mol. The van der Waals surface area contributed by atoms with E-state index in [9.17, 15) is 9.59 Å². The minimum Gasteiger partial charge on any atom is -0.469 e. The summed E-state index contributed by atoms with van der Waals surface area (Å²) in [4.78, 5) is 25.6. The van der Waals surface area contributed by atoms with E-state index < -0.39 is 0 Å². The fourth-order valence-electron chi connectivity index (χ4n) is 9.75. The molecule has 3 nitrogen and oxygen atoms in total. The molecule has 0 saturated heterocycles. The lowest BCUT2D eigenvalue weighted by molar-refractivity contribution is -0.168. The summed E-state index contributed by atoms with van der Waals surface area (Å²) in [5.74, 6) is 3.64. The normalized spacial score (nSPS) is 51.5. The van der Waals surface area contributed by atoms with Crippen molar-refractivity contribution in [3.8, 4) is 0 Å². The summed E-state index contributed by atoms with van der Waals surface area (Å²) in [7, 11) is 1.58. The second-order valence-electron chi connectivity index (χ2n) is 12.6. The van der Waals surface area contributed by atoms with Crippen LogP contribution in [0.3, 0.4) is 0 Å². The minimum absolute atomic E-state index is 0.0475. The molecule has 172 valence electrons. The zero-order chi connectivity index (χ0) is 22.2. The summed E-state index contributed by atoms with van der Waals surface area (Å²) in [6.45, 7) is 9.67. The Morgan fingerprint density at radius 3 is 2.48 bits per heavy atom. The molecule has 9 unspecified atom stereocenters. The van der Waals surface area contributed by atoms with Gasteiger partial charge in [-0.25, -0.2) is 0 Å². The van der Waals surface area contributed by atoms with E-state index in [0.29, 0.717) is 40.8 Å². The second kappa shape index (κ2) is 7.19. The van der Waals surface area contributed by atoms with Crippen LogP contribution in [-0.2, 0) is 14.3 Å². The fraction of sp³-hybridized carbons (Fsp3) is 0.857. The zero-order valence-electron chi connectivity index (χ0n) is 20.3. The van der Waals surface area contributed by atoms with Gasteiger partial charge in [0.2, 0.25) is 0 Å². The average molecular weight is 427 g/mol. The maximum atomic E-state index is 13.1. The number of rotatable bonds is 1. The van der Waals surface area contributed by atoms with E-state index in [-0.39, 0.29) is 22.7 Å². The first-order chi connectivity index (χ1) is 14.7. The zero-order valence-corrected chi connectivity index (χ0v) is 20.3. The molecule has 0 bridgehead atoms. The summed E-state index contributed by atoms with van der Waals surface area (Å²) in [6.07, 6.45) is 13.4. The maximum Gasteiger partial charge on any atom is 0.312 e. The molecule has 0 N–H and O–H groups in total. The van der Waals surface area contributed by atoms with Gasteiger partial charge >= 0.3 is 5.97 Å². The Kier molecular flexibility index (Phi) is 5.03. The van der Waals surface area contributed by atoms with E-state index in [0.717, 1.165) is 51.4 Å². The van der Waals surface area contributed by atoms with Crippen molar-refractivity contribution in [1.29, 1.82) is 0 Å². The molecular formula is C28H42O3. The highest BCUT2D eigenvalue weighted by Gasteiger charge is 2.63. The molecule has 0 aromatic heterocycles. The highest BCUT2D eigenvalue weighted by atomic mass is 16.5. The highest BCUT2D eigenvalue weighted by Crippen LogP contribution is 2.70. The van der Waals surface area contributed by atoms with Gasteiger partial charge in [0.15, 0.2) is 0 Å². The summed E-state index contributed by atoms with van der Waals surface area (Å²) in [6, 6.07) is 0. The van der Waals surface area contributed by atoms with Gasteiger partial charge in [-0.1, -0.05) is 39.3 Å². The first-order valence-corrected chi connectivity index (χ1v) is 13.0. The summed E-state index contributed by atoms with van der Waals surface area (Å²) in [5, 5.41) is 0. The van der Waals surface area contributed by atoms with E-state index in [1.807, 2.05) is 0 Å². The number of fused-ring (bicyclic) bond motifs is 7. The lowest BCUT2D eigenvalue weighted by Crippen LogP contribution is -2.59. The van der Waals surface area contributed by atoms with Gasteiger partial charge in [0.25, 0.3) is 0 Å². The van der Waals surface area contributed by atoms with Crippen molar-refractivity contribution in [2.45, 2.75) is 91.9 Å². The molecule has 0 radical (unpaired) electrons. The number of ketones is 1. The van der Waals surface area contributed by atoms with Crippen molar-refractivity contribution in [1.82, 2.24) is 0 Å². The maximum absolute atomic E-state index is 13.1. The Hall–Kier alpha value is -1.12. The van der Waals surface area contributed by atoms with Gasteiger partial charge in [-0.2, -0.15) is 0 Å². The summed E-state index contributed by atoms with van der Waals surface area (Å²) >= 11 is 0. The molecule has 9 atom stereocenters. The lowest BCUT2D eigenvalue weighted by Gasteiger charge is -2.65. The van der Waals surface area contributed by atoms with Gasteiger partial charge in [0, 0.05) is 12.3 Å². The van der Waals surface area contributed by atoms with Crippen LogP contribution in [0.2, 0.25) is 0 Å². The Balaban J connectivity index is 1.53. The standard InChI is InChI=1S/C28H42O3/c1-17-8-14-28(25(30)31-5)15-10-21-19(22(28)16-17)6-7-24-26(3)13-11-23(29)18(2)20(26)9-12-27(21,24)4/h6,17-18,20-22,24H,7-16H2,1-5H3. The largest absolute Gasteiger partial charge is 0.469 e. The van der Waals surface area contributed by atoms with Gasteiger partial charge in [-0.3, -0.25) is 9.59 Å². The molecule has 5 aliphatic rings. The van der Waals surface area contributed by atoms with Crippen molar-refractivity contribution >= 4 is 11.8 Å². The van der Waals surface area contributed by atoms with Crippen LogP contribution in [0.1, 0.15) is 91.9 Å². The number of Topliss-reactive ketones (excluding diaryl/α,β-unsaturated/α-hetero) is 1. The quantitative estimate of drug-likeness (QED) is 0.362. The van der Waals surface area contributed by atoms with Crippen molar-refractivity contribution in [2.75, 3.05) is 7.11 Å². The van der Waals surface area contributed by atoms with Crippen LogP contribution in [0.25, 0.3) is 0 Å². The van der Waals surface area contributed by atoms with E-state index >= 15 is 0 Å². The number of allylic oxidation sites excluding steroid dienone is 2. The van der Waals surface area contributed by atoms with E-state index in [1.165, 1.54) is 12.8 Å². The topological polar surface area (TPSA) is 43.4 Å². The Bertz CT molecular complexity index is 813. The third-order valence-electron chi connectivity index (χ3n) is 11.5. The average Bonchev–Trinajstić information content (AvgIpc) is 2.75. The minimum atomic E-state index is -0.278. The molecule has 0 aromatic carbocycles. The van der Waals surface area contributed by atoms with Crippen LogP contribution in [0.4, 0.5) is 0 Å². The highest BCUT2D eigenvalue weighted by molar-refractivity contribution is 5.82. The van der Waals surface area contributed by atoms with E-state index in [1.54, 1.807) is 12.7 Å². The van der Waals surface area contributed by atoms with Crippen LogP contribution in [0, 0.1) is 51.8 Å². The van der Waals surface area contributed by atoms with Gasteiger partial charge in [0.05, 0.1) is 12.5 Å². The summed E-state index contributed by atoms with van der Waals surface area (Å²) < 4.78 is 5.41. The van der Waals surface area contributed by atoms with E-state index in [4.69, 9.17) is 4.74 Å². The number of hydrogen-bond acceptors (Lipinski definition) is 3. The van der Waals surface area contributed by atoms with Gasteiger partial charge < -0.3 is 4.74 Å². The Labute approximate surface area is 188 Å². The predicted octanol–water partition coefficient (Wildman–Crippen LogP) is 6.36. The molecule has 0 spiro atoms. The van der Waals surface area contributed by atoms with Crippen molar-refractivity contribution < 1.29 is 14.3 Å². The molecule has 3 heteroatoms. The number of methoxy groups -OCH3 is 1. The molecule has 0 amide bonds. The molecule has 4 fully saturated rings. The smallest absolute Gasteiger partial charge is 0.312 e. The Morgan fingerprint density at radius 2 is 1.74 bits per heavy atom. The van der Waals surface area contributed by atoms with Crippen molar-refractivity contribution in [3.05, 3.63) is 11.6 Å². The molecule has 0 aliphatic heterocycles. The van der Waals surface area contributed by atoms with Crippen LogP contribution >= 0.6 is 0 Å². The number of esters is 1. The SMILES string of the molecule is COC(=O)C12CCC(C)CC1C1=CCC3C(C)(CCC4C(C)C(=O)CCC43C)C1CC2. The second-order valence-corrected chi connectivity index (χ2v) is 12.6. The molecule has 5 aliphatic carbocycles. The number of ether oxygens (including phenoxy) is 1. The van der Waals surface area contributed by atoms with E-state index in [2.05, 4.69) is 33.8 Å².